The van der Waals surface area contributed by atoms with E-state index in [2.05, 4.69) is 11.8 Å². The molecule has 0 spiro atoms. The first-order valence-electron chi connectivity index (χ1n) is 6.70. The molecule has 0 heterocycles. The van der Waals surface area contributed by atoms with Crippen molar-refractivity contribution in [3.8, 4) is 0 Å². The molecule has 4 nitrogen and oxygen atoms in total. The van der Waals surface area contributed by atoms with E-state index in [1.807, 2.05) is 14.1 Å². The molecular weight excluding hydrogens is 250 g/mol. The van der Waals surface area contributed by atoms with Gasteiger partial charge in [0.1, 0.15) is 9.84 Å². The van der Waals surface area contributed by atoms with Crippen molar-refractivity contribution < 1.29 is 13.5 Å². The Morgan fingerprint density at radius 2 is 1.83 bits per heavy atom. The molecule has 1 fully saturated rings. The first-order chi connectivity index (χ1) is 8.17. The Kier molecular flexibility index (Phi) is 5.21. The molecule has 5 heteroatoms. The van der Waals surface area contributed by atoms with E-state index >= 15 is 0 Å². The van der Waals surface area contributed by atoms with Crippen molar-refractivity contribution in [3.63, 3.8) is 0 Å². The maximum atomic E-state index is 11.2. The number of hydrogen-bond acceptors (Lipinski definition) is 4. The summed E-state index contributed by atoms with van der Waals surface area (Å²) in [5, 5.41) is 10.4. The van der Waals surface area contributed by atoms with Gasteiger partial charge >= 0.3 is 0 Å². The van der Waals surface area contributed by atoms with E-state index in [-0.39, 0.29) is 11.3 Å². The van der Waals surface area contributed by atoms with E-state index in [4.69, 9.17) is 0 Å². The topological polar surface area (TPSA) is 57.6 Å². The lowest BCUT2D eigenvalue weighted by atomic mass is 9.72. The monoisotopic (exact) mass is 277 g/mol. The average Bonchev–Trinajstić information content (AvgIpc) is 2.26. The van der Waals surface area contributed by atoms with Gasteiger partial charge in [0.2, 0.25) is 0 Å². The van der Waals surface area contributed by atoms with Gasteiger partial charge in [0.05, 0.1) is 11.9 Å². The second kappa shape index (κ2) is 5.88. The normalized spacial score (nSPS) is 31.6. The van der Waals surface area contributed by atoms with E-state index < -0.39 is 15.9 Å². The van der Waals surface area contributed by atoms with Gasteiger partial charge < -0.3 is 10.0 Å². The fourth-order valence-electron chi connectivity index (χ4n) is 2.93. The van der Waals surface area contributed by atoms with Crippen molar-refractivity contribution in [2.45, 2.75) is 50.7 Å². The first kappa shape index (κ1) is 15.9. The first-order valence-corrected chi connectivity index (χ1v) is 8.76. The van der Waals surface area contributed by atoms with Crippen LogP contribution in [-0.2, 0) is 9.84 Å². The Morgan fingerprint density at radius 1 is 1.33 bits per heavy atom. The summed E-state index contributed by atoms with van der Waals surface area (Å²) in [6.45, 7) is 2.24. The minimum Gasteiger partial charge on any atom is -0.391 e. The van der Waals surface area contributed by atoms with Crippen molar-refractivity contribution in [2.24, 2.45) is 5.92 Å². The summed E-state index contributed by atoms with van der Waals surface area (Å²) >= 11 is 0. The van der Waals surface area contributed by atoms with Crippen molar-refractivity contribution in [3.05, 3.63) is 0 Å². The van der Waals surface area contributed by atoms with Gasteiger partial charge in [-0.2, -0.15) is 0 Å². The molecule has 1 rings (SSSR count). The third kappa shape index (κ3) is 3.93. The molecular formula is C13H27NO3S. The van der Waals surface area contributed by atoms with Crippen LogP contribution >= 0.6 is 0 Å². The van der Waals surface area contributed by atoms with Crippen LogP contribution in [0.3, 0.4) is 0 Å². The smallest absolute Gasteiger partial charge is 0.147 e. The van der Waals surface area contributed by atoms with E-state index in [1.165, 1.54) is 6.26 Å². The zero-order valence-corrected chi connectivity index (χ0v) is 12.8. The number of nitrogens with zero attached hydrogens (tertiary/aromatic N) is 1. The largest absolute Gasteiger partial charge is 0.391 e. The van der Waals surface area contributed by atoms with Gasteiger partial charge in [-0.1, -0.05) is 6.92 Å². The summed E-state index contributed by atoms with van der Waals surface area (Å²) in [5.41, 5.74) is -0.239. The zero-order valence-electron chi connectivity index (χ0n) is 12.0. The summed E-state index contributed by atoms with van der Waals surface area (Å²) < 4.78 is 22.4. The Bertz CT molecular complexity index is 356. The predicted octanol–water partition coefficient (Wildman–Crippen LogP) is 1.29. The molecule has 1 atom stereocenters. The second-order valence-corrected chi connectivity index (χ2v) is 8.37. The van der Waals surface area contributed by atoms with Crippen LogP contribution in [0.25, 0.3) is 0 Å². The van der Waals surface area contributed by atoms with Gasteiger partial charge in [0.25, 0.3) is 0 Å². The summed E-state index contributed by atoms with van der Waals surface area (Å²) in [4.78, 5) is 2.09. The fraction of sp³-hybridized carbons (Fsp3) is 1.00. The molecule has 0 aromatic carbocycles. The van der Waals surface area contributed by atoms with Crippen LogP contribution in [0.1, 0.15) is 39.0 Å². The van der Waals surface area contributed by atoms with Crippen molar-refractivity contribution in [1.29, 1.82) is 0 Å². The minimum atomic E-state index is -3.00. The Labute approximate surface area is 111 Å². The average molecular weight is 277 g/mol. The van der Waals surface area contributed by atoms with E-state index in [0.29, 0.717) is 12.3 Å². The van der Waals surface area contributed by atoms with Crippen LogP contribution in [0.4, 0.5) is 0 Å². The quantitative estimate of drug-likeness (QED) is 0.823. The minimum absolute atomic E-state index is 0.0688. The van der Waals surface area contributed by atoms with Crippen LogP contribution in [0.5, 0.6) is 0 Å². The number of rotatable bonds is 5. The highest BCUT2D eigenvalue weighted by molar-refractivity contribution is 7.90. The molecule has 0 radical (unpaired) electrons. The molecule has 108 valence electrons. The zero-order chi connectivity index (χ0) is 14.0. The molecule has 1 N–H and O–H groups in total. The Morgan fingerprint density at radius 3 is 2.22 bits per heavy atom. The van der Waals surface area contributed by atoms with Gasteiger partial charge in [-0.05, 0) is 52.1 Å². The van der Waals surface area contributed by atoms with Crippen LogP contribution in [-0.4, -0.2) is 56.2 Å². The Balaban J connectivity index is 2.72. The van der Waals surface area contributed by atoms with E-state index in [1.54, 1.807) is 0 Å². The lowest BCUT2D eigenvalue weighted by Gasteiger charge is -2.47. The number of sulfone groups is 1. The number of hydrogen-bond donors (Lipinski definition) is 1. The van der Waals surface area contributed by atoms with E-state index in [0.717, 1.165) is 25.7 Å². The lowest BCUT2D eigenvalue weighted by Crippen LogP contribution is -2.55. The predicted molar refractivity (Wildman–Crippen MR) is 74.4 cm³/mol. The molecule has 0 aliphatic heterocycles. The molecule has 1 aliphatic carbocycles. The molecule has 18 heavy (non-hydrogen) atoms. The molecule has 0 saturated heterocycles. The Hall–Kier alpha value is -0.130. The molecule has 0 aromatic heterocycles. The highest BCUT2D eigenvalue weighted by Crippen LogP contribution is 2.38. The summed E-state index contributed by atoms with van der Waals surface area (Å²) in [5.74, 6) is 0.777. The van der Waals surface area contributed by atoms with E-state index in [9.17, 15) is 13.5 Å². The number of likely N-dealkylation sites (N-methyl/N-ethyl adjacent to an activating group) is 1. The van der Waals surface area contributed by atoms with Crippen LogP contribution in [0.2, 0.25) is 0 Å². The summed E-state index contributed by atoms with van der Waals surface area (Å²) in [7, 11) is 0.972. The molecule has 1 saturated carbocycles. The van der Waals surface area contributed by atoms with Crippen LogP contribution < -0.4 is 0 Å². The maximum Gasteiger partial charge on any atom is 0.147 e. The summed E-state index contributed by atoms with van der Waals surface area (Å²) in [6.07, 6.45) is 5.12. The highest BCUT2D eigenvalue weighted by Gasteiger charge is 2.42. The molecule has 0 aromatic rings. The van der Waals surface area contributed by atoms with Gasteiger partial charge in [-0.25, -0.2) is 8.42 Å². The molecule has 0 amide bonds. The van der Waals surface area contributed by atoms with Gasteiger partial charge in [-0.3, -0.25) is 0 Å². The standard InChI is InChI=1S/C13H27NO3S/c1-11-5-8-13(9-6-11,14(2)3)12(15)7-10-18(4,16)17/h11-12,15H,5-10H2,1-4H3. The number of aliphatic hydroxyl groups excluding tert-OH is 1. The molecule has 1 unspecified atom stereocenters. The van der Waals surface area contributed by atoms with Crippen molar-refractivity contribution >= 4 is 9.84 Å². The van der Waals surface area contributed by atoms with Crippen LogP contribution in [0.15, 0.2) is 0 Å². The summed E-state index contributed by atoms with van der Waals surface area (Å²) in [6, 6.07) is 0. The van der Waals surface area contributed by atoms with Gasteiger partial charge in [0.15, 0.2) is 0 Å². The van der Waals surface area contributed by atoms with Crippen LogP contribution in [0, 0.1) is 5.92 Å². The SMILES string of the molecule is CC1CCC(C(O)CCS(C)(=O)=O)(N(C)C)CC1. The highest BCUT2D eigenvalue weighted by atomic mass is 32.2. The van der Waals surface area contributed by atoms with Gasteiger partial charge in [-0.15, -0.1) is 0 Å². The third-order valence-corrected chi connectivity index (χ3v) is 5.39. The second-order valence-electron chi connectivity index (χ2n) is 6.11. The fourth-order valence-corrected chi connectivity index (χ4v) is 3.59. The van der Waals surface area contributed by atoms with Gasteiger partial charge in [0, 0.05) is 11.8 Å². The maximum absolute atomic E-state index is 11.2. The van der Waals surface area contributed by atoms with Crippen molar-refractivity contribution in [1.82, 2.24) is 4.90 Å². The third-order valence-electron chi connectivity index (χ3n) is 4.41. The molecule has 0 bridgehead atoms. The lowest BCUT2D eigenvalue weighted by molar-refractivity contribution is -0.0398. The molecule has 1 aliphatic rings. The number of aliphatic hydroxyl groups is 1. The van der Waals surface area contributed by atoms with Crippen molar-refractivity contribution in [2.75, 3.05) is 26.1 Å².